The lowest BCUT2D eigenvalue weighted by Gasteiger charge is -2.15. The van der Waals surface area contributed by atoms with Crippen LogP contribution in [0.15, 0.2) is 4.79 Å². The van der Waals surface area contributed by atoms with Crippen LogP contribution in [0.4, 0.5) is 0 Å². The maximum atomic E-state index is 12.5. The zero-order chi connectivity index (χ0) is 19.2. The molecule has 0 unspecified atom stereocenters. The lowest BCUT2D eigenvalue weighted by molar-refractivity contribution is -0.121. The molecule has 148 valence electrons. The predicted octanol–water partition coefficient (Wildman–Crippen LogP) is 4.13. The van der Waals surface area contributed by atoms with Gasteiger partial charge in [0.15, 0.2) is 0 Å². The van der Waals surface area contributed by atoms with E-state index in [0.717, 1.165) is 42.4 Å². The zero-order valence-corrected chi connectivity index (χ0v) is 17.3. The van der Waals surface area contributed by atoms with Gasteiger partial charge in [-0.3, -0.25) is 9.59 Å². The van der Waals surface area contributed by atoms with Crippen molar-refractivity contribution in [2.75, 3.05) is 6.54 Å². The third kappa shape index (κ3) is 4.98. The SMILES string of the molecule is CCCC[C@H](CC)CNC(=O)CCc1nc2sc3c(c2c(=O)[nH]1)CCCC3. The van der Waals surface area contributed by atoms with Crippen molar-refractivity contribution in [1.29, 1.82) is 0 Å². The van der Waals surface area contributed by atoms with E-state index in [9.17, 15) is 9.59 Å². The van der Waals surface area contributed by atoms with Crippen LogP contribution in [-0.4, -0.2) is 22.4 Å². The van der Waals surface area contributed by atoms with Crippen LogP contribution in [0.5, 0.6) is 0 Å². The molecule has 0 radical (unpaired) electrons. The molecule has 2 aromatic heterocycles. The highest BCUT2D eigenvalue weighted by atomic mass is 32.1. The highest BCUT2D eigenvalue weighted by molar-refractivity contribution is 7.18. The Balaban J connectivity index is 1.58. The minimum atomic E-state index is -0.0413. The van der Waals surface area contributed by atoms with E-state index < -0.39 is 0 Å². The van der Waals surface area contributed by atoms with Gasteiger partial charge in [0, 0.05) is 24.3 Å². The molecule has 1 atom stereocenters. The monoisotopic (exact) mass is 389 g/mol. The molecule has 1 amide bonds. The number of hydrogen-bond donors (Lipinski definition) is 2. The summed E-state index contributed by atoms with van der Waals surface area (Å²) in [6.45, 7) is 5.12. The lowest BCUT2D eigenvalue weighted by Crippen LogP contribution is -2.29. The van der Waals surface area contributed by atoms with Crippen LogP contribution in [0.2, 0.25) is 0 Å². The van der Waals surface area contributed by atoms with Crippen LogP contribution in [0.3, 0.4) is 0 Å². The molecule has 1 aliphatic carbocycles. The molecule has 0 aliphatic heterocycles. The van der Waals surface area contributed by atoms with Crippen molar-refractivity contribution in [3.05, 3.63) is 26.6 Å². The average Bonchev–Trinajstić information content (AvgIpc) is 3.05. The van der Waals surface area contributed by atoms with E-state index in [4.69, 9.17) is 0 Å². The Labute approximate surface area is 165 Å². The van der Waals surface area contributed by atoms with E-state index in [0.29, 0.717) is 24.6 Å². The molecular formula is C21H31N3O2S. The molecule has 5 nitrogen and oxygen atoms in total. The highest BCUT2D eigenvalue weighted by Crippen LogP contribution is 2.33. The standard InChI is InChI=1S/C21H31N3O2S/c1-3-5-8-14(4-2)13-22-18(25)12-11-17-23-20(26)19-15-9-6-7-10-16(15)27-21(19)24-17/h14H,3-13H2,1-2H3,(H,22,25)(H,23,24,26)/t14-/m0/s1. The molecule has 0 fully saturated rings. The Hall–Kier alpha value is -1.69. The van der Waals surface area contributed by atoms with Crippen molar-refractivity contribution in [2.45, 2.75) is 78.1 Å². The first-order valence-electron chi connectivity index (χ1n) is 10.4. The fourth-order valence-electron chi connectivity index (χ4n) is 3.85. The van der Waals surface area contributed by atoms with Crippen molar-refractivity contribution in [2.24, 2.45) is 5.92 Å². The van der Waals surface area contributed by atoms with E-state index in [2.05, 4.69) is 29.1 Å². The minimum Gasteiger partial charge on any atom is -0.356 e. The maximum absolute atomic E-state index is 12.5. The van der Waals surface area contributed by atoms with Crippen LogP contribution >= 0.6 is 11.3 Å². The molecule has 0 aromatic carbocycles. The van der Waals surface area contributed by atoms with Crippen molar-refractivity contribution in [3.63, 3.8) is 0 Å². The van der Waals surface area contributed by atoms with Crippen LogP contribution < -0.4 is 10.9 Å². The molecule has 2 aromatic rings. The number of rotatable bonds is 9. The van der Waals surface area contributed by atoms with Gasteiger partial charge < -0.3 is 10.3 Å². The Morgan fingerprint density at radius 3 is 2.89 bits per heavy atom. The summed E-state index contributed by atoms with van der Waals surface area (Å²) in [6, 6.07) is 0. The second-order valence-corrected chi connectivity index (χ2v) is 8.71. The highest BCUT2D eigenvalue weighted by Gasteiger charge is 2.20. The van der Waals surface area contributed by atoms with Crippen LogP contribution in [0, 0.1) is 5.92 Å². The maximum Gasteiger partial charge on any atom is 0.259 e. The Morgan fingerprint density at radius 2 is 2.11 bits per heavy atom. The molecule has 0 saturated carbocycles. The van der Waals surface area contributed by atoms with Crippen molar-refractivity contribution < 1.29 is 4.79 Å². The van der Waals surface area contributed by atoms with Crippen LogP contribution in [0.25, 0.3) is 10.2 Å². The zero-order valence-electron chi connectivity index (χ0n) is 16.5. The fourth-order valence-corrected chi connectivity index (χ4v) is 5.13. The summed E-state index contributed by atoms with van der Waals surface area (Å²) in [5.41, 5.74) is 1.16. The van der Waals surface area contributed by atoms with E-state index >= 15 is 0 Å². The average molecular weight is 390 g/mol. The normalized spacial score (nSPS) is 14.9. The number of carbonyl (C=O) groups excluding carboxylic acids is 1. The van der Waals surface area contributed by atoms with E-state index in [1.165, 1.54) is 36.1 Å². The van der Waals surface area contributed by atoms with Gasteiger partial charge in [-0.25, -0.2) is 4.98 Å². The Bertz CT molecular complexity index is 840. The number of carbonyl (C=O) groups is 1. The molecule has 0 saturated heterocycles. The number of nitrogens with zero attached hydrogens (tertiary/aromatic N) is 1. The summed E-state index contributed by atoms with van der Waals surface area (Å²) in [5, 5.41) is 3.83. The van der Waals surface area contributed by atoms with Gasteiger partial charge in [-0.1, -0.05) is 33.1 Å². The third-order valence-electron chi connectivity index (χ3n) is 5.59. The summed E-state index contributed by atoms with van der Waals surface area (Å²) < 4.78 is 0. The summed E-state index contributed by atoms with van der Waals surface area (Å²) >= 11 is 1.66. The molecule has 6 heteroatoms. The van der Waals surface area contributed by atoms with Gasteiger partial charge in [0.2, 0.25) is 5.91 Å². The predicted molar refractivity (Wildman–Crippen MR) is 112 cm³/mol. The number of hydrogen-bond acceptors (Lipinski definition) is 4. The second-order valence-electron chi connectivity index (χ2n) is 7.62. The van der Waals surface area contributed by atoms with Gasteiger partial charge in [0.25, 0.3) is 5.56 Å². The third-order valence-corrected chi connectivity index (χ3v) is 6.78. The van der Waals surface area contributed by atoms with Crippen molar-refractivity contribution >= 4 is 27.5 Å². The molecule has 0 bridgehead atoms. The summed E-state index contributed by atoms with van der Waals surface area (Å²) in [5.74, 6) is 1.22. The second kappa shape index (κ2) is 9.49. The molecule has 2 N–H and O–H groups in total. The van der Waals surface area contributed by atoms with Gasteiger partial charge in [0.05, 0.1) is 5.39 Å². The van der Waals surface area contributed by atoms with E-state index in [1.807, 2.05) is 0 Å². The van der Waals surface area contributed by atoms with Crippen LogP contribution in [0.1, 0.15) is 75.1 Å². The summed E-state index contributed by atoms with van der Waals surface area (Å²) in [4.78, 5) is 34.4. The number of H-pyrrole nitrogens is 1. The molecule has 27 heavy (non-hydrogen) atoms. The van der Waals surface area contributed by atoms with Crippen molar-refractivity contribution in [1.82, 2.24) is 15.3 Å². The number of aromatic nitrogens is 2. The first-order valence-corrected chi connectivity index (χ1v) is 11.2. The summed E-state index contributed by atoms with van der Waals surface area (Å²) in [7, 11) is 0. The molecular weight excluding hydrogens is 358 g/mol. The first-order chi connectivity index (χ1) is 13.1. The number of thiophene rings is 1. The number of nitrogens with one attached hydrogen (secondary N) is 2. The van der Waals surface area contributed by atoms with Gasteiger partial charge in [-0.05, 0) is 43.6 Å². The van der Waals surface area contributed by atoms with E-state index in [1.54, 1.807) is 11.3 Å². The summed E-state index contributed by atoms with van der Waals surface area (Å²) in [6.07, 6.45) is 9.90. The van der Waals surface area contributed by atoms with Gasteiger partial charge in [-0.15, -0.1) is 11.3 Å². The van der Waals surface area contributed by atoms with Gasteiger partial charge >= 0.3 is 0 Å². The Morgan fingerprint density at radius 1 is 1.30 bits per heavy atom. The van der Waals surface area contributed by atoms with Crippen molar-refractivity contribution in [3.8, 4) is 0 Å². The number of fused-ring (bicyclic) bond motifs is 3. The van der Waals surface area contributed by atoms with E-state index in [-0.39, 0.29) is 11.5 Å². The number of aromatic amines is 1. The number of amides is 1. The van der Waals surface area contributed by atoms with Crippen LogP contribution in [-0.2, 0) is 24.1 Å². The molecule has 2 heterocycles. The van der Waals surface area contributed by atoms with Gasteiger partial charge in [0.1, 0.15) is 10.7 Å². The lowest BCUT2D eigenvalue weighted by atomic mass is 9.97. The molecule has 0 spiro atoms. The molecule has 3 rings (SSSR count). The molecule has 1 aliphatic rings. The minimum absolute atomic E-state index is 0.0400. The first kappa shape index (κ1) is 20.1. The fraction of sp³-hybridized carbons (Fsp3) is 0.667. The number of unbranched alkanes of at least 4 members (excludes halogenated alkanes) is 1. The Kier molecular flexibility index (Phi) is 7.05. The number of aryl methyl sites for hydroxylation is 3. The smallest absolute Gasteiger partial charge is 0.259 e. The topological polar surface area (TPSA) is 74.8 Å². The largest absolute Gasteiger partial charge is 0.356 e. The quantitative estimate of drug-likeness (QED) is 0.677. The van der Waals surface area contributed by atoms with Gasteiger partial charge in [-0.2, -0.15) is 0 Å².